The molecule has 1 atom stereocenters. The van der Waals surface area contributed by atoms with Crippen LogP contribution in [0.2, 0.25) is 0 Å². The molecule has 1 aliphatic rings. The van der Waals surface area contributed by atoms with Gasteiger partial charge in [0.2, 0.25) is 5.91 Å². The Labute approximate surface area is 216 Å². The summed E-state index contributed by atoms with van der Waals surface area (Å²) in [6.45, 7) is 0.660. The molecule has 0 aliphatic carbocycles. The molecule has 0 saturated carbocycles. The molecule has 1 aromatic carbocycles. The van der Waals surface area contributed by atoms with Crippen LogP contribution >= 0.6 is 0 Å². The predicted molar refractivity (Wildman–Crippen MR) is 135 cm³/mol. The van der Waals surface area contributed by atoms with Gasteiger partial charge in [-0.3, -0.25) is 9.78 Å². The summed E-state index contributed by atoms with van der Waals surface area (Å²) in [7, 11) is 1.48. The van der Waals surface area contributed by atoms with Gasteiger partial charge in [-0.15, -0.1) is 6.42 Å². The molecule has 1 fully saturated rings. The van der Waals surface area contributed by atoms with Crippen LogP contribution in [0.25, 0.3) is 6.08 Å². The van der Waals surface area contributed by atoms with Crippen molar-refractivity contribution in [1.82, 2.24) is 14.9 Å². The van der Waals surface area contributed by atoms with Crippen molar-refractivity contribution in [2.45, 2.75) is 37.3 Å². The van der Waals surface area contributed by atoms with Crippen LogP contribution in [0, 0.1) is 18.2 Å². The first-order valence-electron chi connectivity index (χ1n) is 11.6. The third kappa shape index (κ3) is 5.61. The zero-order chi connectivity index (χ0) is 28.3. The number of carbonyl (C=O) groups excluding carboxylic acids is 1. The van der Waals surface area contributed by atoms with Gasteiger partial charge >= 0.3 is 5.69 Å². The molecule has 7 N–H and O–H groups in total. The Morgan fingerprint density at radius 3 is 2.66 bits per heavy atom. The third-order valence-electron chi connectivity index (χ3n) is 6.61. The molecule has 1 aliphatic heterocycles. The van der Waals surface area contributed by atoms with E-state index in [0.717, 1.165) is 12.1 Å². The first kappa shape index (κ1) is 28.5. The second-order valence-corrected chi connectivity index (χ2v) is 8.84. The van der Waals surface area contributed by atoms with Crippen molar-refractivity contribution in [2.75, 3.05) is 37.9 Å². The zero-order valence-corrected chi connectivity index (χ0v) is 20.9. The monoisotopic (exact) mass is 534 g/mol. The molecule has 2 aromatic rings. The van der Waals surface area contributed by atoms with Crippen molar-refractivity contribution < 1.29 is 27.8 Å². The van der Waals surface area contributed by atoms with Gasteiger partial charge < -0.3 is 31.5 Å². The van der Waals surface area contributed by atoms with Crippen LogP contribution < -0.4 is 22.5 Å². The number of benzene rings is 1. The Kier molecular flexibility index (Phi) is 8.38. The maximum Gasteiger partial charge on any atom is 0.348 e. The van der Waals surface area contributed by atoms with Gasteiger partial charge in [0.05, 0.1) is 11.1 Å². The van der Waals surface area contributed by atoms with Crippen LogP contribution in [0.5, 0.6) is 0 Å². The van der Waals surface area contributed by atoms with Gasteiger partial charge in [0, 0.05) is 38.4 Å². The van der Waals surface area contributed by atoms with Crippen LogP contribution in [0.3, 0.4) is 0 Å². The smallest absolute Gasteiger partial charge is 0.348 e. The maximum atomic E-state index is 15.1. The molecule has 1 amide bonds. The number of methoxy groups -OCH3 is 1. The number of nitrogens with two attached hydrogens (primary N) is 2. The highest BCUT2D eigenvalue weighted by atomic mass is 19.3. The van der Waals surface area contributed by atoms with E-state index in [4.69, 9.17) is 27.7 Å². The SMILES string of the molecule is C#C[C@@H](Nc1nc(=O)[nH]c(N)c1/C=C(\N)C1(OC)CCN(C(C)=O)CC1)c1cccc(C(F)(F)CO)c1F. The van der Waals surface area contributed by atoms with Crippen molar-refractivity contribution in [3.63, 3.8) is 0 Å². The minimum Gasteiger partial charge on any atom is -0.400 e. The lowest BCUT2D eigenvalue weighted by Crippen LogP contribution is -2.49. The minimum absolute atomic E-state index is 0.0776. The number of hydrogen-bond acceptors (Lipinski definition) is 8. The largest absolute Gasteiger partial charge is 0.400 e. The highest BCUT2D eigenvalue weighted by Crippen LogP contribution is 2.35. The fourth-order valence-corrected chi connectivity index (χ4v) is 4.32. The normalized spacial score (nSPS) is 16.6. The predicted octanol–water partition coefficient (Wildman–Crippen LogP) is 1.69. The number of alkyl halides is 2. The quantitative estimate of drug-likeness (QED) is 0.320. The standard InChI is InChI=1S/C25H29F3N6O4/c1-4-18(15-6-5-7-17(20(15)26)25(27,28)13-35)31-22-16(21(30)32-23(37)33-22)12-19(29)24(38-3)8-10-34(11-9-24)14(2)36/h1,5-7,12,18,35H,8-11,13,29H2,2-3H3,(H4,30,31,32,33,37)/b19-12-/t18-/m1/s1. The molecule has 1 saturated heterocycles. The van der Waals surface area contributed by atoms with E-state index in [1.165, 1.54) is 26.2 Å². The van der Waals surface area contributed by atoms with Gasteiger partial charge in [0.15, 0.2) is 0 Å². The summed E-state index contributed by atoms with van der Waals surface area (Å²) < 4.78 is 48.9. The second-order valence-electron chi connectivity index (χ2n) is 8.84. The van der Waals surface area contributed by atoms with Crippen molar-refractivity contribution in [3.8, 4) is 12.3 Å². The number of ether oxygens (including phenoxy) is 1. The molecular weight excluding hydrogens is 505 g/mol. The van der Waals surface area contributed by atoms with Crippen molar-refractivity contribution in [1.29, 1.82) is 0 Å². The lowest BCUT2D eigenvalue weighted by atomic mass is 9.87. The summed E-state index contributed by atoms with van der Waals surface area (Å²) >= 11 is 0. The Hall–Kier alpha value is -4.02. The summed E-state index contributed by atoms with van der Waals surface area (Å²) in [6, 6.07) is 1.83. The average molecular weight is 535 g/mol. The molecule has 13 heteroatoms. The Morgan fingerprint density at radius 2 is 2.11 bits per heavy atom. The number of rotatable bonds is 8. The van der Waals surface area contributed by atoms with Crippen LogP contribution in [-0.4, -0.2) is 58.3 Å². The number of aromatic amines is 1. The van der Waals surface area contributed by atoms with Crippen LogP contribution in [0.4, 0.5) is 24.8 Å². The Balaban J connectivity index is 2.03. The van der Waals surface area contributed by atoms with E-state index >= 15 is 4.39 Å². The number of aliphatic hydroxyl groups excluding tert-OH is 1. The van der Waals surface area contributed by atoms with Gasteiger partial charge in [-0.05, 0) is 25.0 Å². The zero-order valence-electron chi connectivity index (χ0n) is 20.9. The maximum absolute atomic E-state index is 15.1. The van der Waals surface area contributed by atoms with E-state index in [-0.39, 0.29) is 34.4 Å². The molecule has 2 heterocycles. The molecule has 1 aromatic heterocycles. The topological polar surface area (TPSA) is 160 Å². The summed E-state index contributed by atoms with van der Waals surface area (Å²) in [5.74, 6) is -3.31. The van der Waals surface area contributed by atoms with Crippen molar-refractivity contribution >= 4 is 23.6 Å². The number of hydrogen-bond donors (Lipinski definition) is 5. The number of nitrogens with one attached hydrogen (secondary N) is 2. The number of piperidine rings is 1. The number of terminal acetylenes is 1. The Morgan fingerprint density at radius 1 is 1.45 bits per heavy atom. The lowest BCUT2D eigenvalue weighted by Gasteiger charge is -2.41. The Bertz CT molecular complexity index is 1330. The third-order valence-corrected chi connectivity index (χ3v) is 6.61. The summed E-state index contributed by atoms with van der Waals surface area (Å²) in [6.07, 6.45) is 7.78. The molecule has 0 unspecified atom stereocenters. The fraction of sp³-hybridized carbons (Fsp3) is 0.400. The molecule has 10 nitrogen and oxygen atoms in total. The summed E-state index contributed by atoms with van der Waals surface area (Å²) in [5.41, 5.74) is 9.62. The van der Waals surface area contributed by atoms with Gasteiger partial charge in [0.25, 0.3) is 5.92 Å². The molecule has 3 rings (SSSR count). The van der Waals surface area contributed by atoms with E-state index in [2.05, 4.69) is 21.2 Å². The molecule has 0 radical (unpaired) electrons. The van der Waals surface area contributed by atoms with Crippen LogP contribution in [0.1, 0.15) is 42.5 Å². The first-order chi connectivity index (χ1) is 17.9. The van der Waals surface area contributed by atoms with E-state index in [1.54, 1.807) is 4.90 Å². The number of H-pyrrole nitrogens is 1. The van der Waals surface area contributed by atoms with E-state index in [0.29, 0.717) is 25.9 Å². The molecular formula is C25H29F3N6O4. The van der Waals surface area contributed by atoms with Crippen molar-refractivity contribution in [2.24, 2.45) is 5.73 Å². The van der Waals surface area contributed by atoms with Gasteiger partial charge in [-0.2, -0.15) is 13.8 Å². The van der Waals surface area contributed by atoms with E-state index < -0.39 is 41.2 Å². The first-order valence-corrected chi connectivity index (χ1v) is 11.6. The lowest BCUT2D eigenvalue weighted by molar-refractivity contribution is -0.133. The van der Waals surface area contributed by atoms with Gasteiger partial charge in [-0.25, -0.2) is 9.18 Å². The van der Waals surface area contributed by atoms with Gasteiger partial charge in [-0.1, -0.05) is 18.1 Å². The number of carbonyl (C=O) groups is 1. The fourth-order valence-electron chi connectivity index (χ4n) is 4.32. The van der Waals surface area contributed by atoms with Crippen LogP contribution in [0.15, 0.2) is 28.7 Å². The molecule has 0 bridgehead atoms. The number of likely N-dealkylation sites (tertiary alicyclic amines) is 1. The number of aliphatic hydroxyl groups is 1. The van der Waals surface area contributed by atoms with E-state index in [1.807, 2.05) is 0 Å². The minimum atomic E-state index is -3.85. The number of nitrogen functional groups attached to an aromatic ring is 1. The number of nitrogens with zero attached hydrogens (tertiary/aromatic N) is 2. The highest BCUT2D eigenvalue weighted by Gasteiger charge is 2.38. The number of amides is 1. The molecule has 204 valence electrons. The van der Waals surface area contributed by atoms with Gasteiger partial charge in [0.1, 0.15) is 35.7 Å². The van der Waals surface area contributed by atoms with Crippen molar-refractivity contribution in [3.05, 3.63) is 56.9 Å². The molecule has 38 heavy (non-hydrogen) atoms. The molecule has 0 spiro atoms. The van der Waals surface area contributed by atoms with Crippen LogP contribution in [-0.2, 0) is 15.5 Å². The summed E-state index contributed by atoms with van der Waals surface area (Å²) in [5, 5.41) is 11.7. The highest BCUT2D eigenvalue weighted by molar-refractivity contribution is 5.75. The average Bonchev–Trinajstić information content (AvgIpc) is 2.89. The number of halogens is 3. The summed E-state index contributed by atoms with van der Waals surface area (Å²) in [4.78, 5) is 31.7. The number of anilines is 2. The number of aromatic nitrogens is 2. The second kappa shape index (κ2) is 11.2. The van der Waals surface area contributed by atoms with E-state index in [9.17, 15) is 18.4 Å².